The van der Waals surface area contributed by atoms with E-state index in [2.05, 4.69) is 42.6 Å². The molecule has 1 nitrogen and oxygen atoms in total. The molecular formula is C8H12INS2. The Morgan fingerprint density at radius 3 is 2.83 bits per heavy atom. The molecule has 0 saturated carbocycles. The van der Waals surface area contributed by atoms with Gasteiger partial charge in [-0.15, -0.1) is 0 Å². The van der Waals surface area contributed by atoms with Crippen molar-refractivity contribution in [3.63, 3.8) is 0 Å². The van der Waals surface area contributed by atoms with Crippen molar-refractivity contribution in [3.8, 4) is 0 Å². The molecule has 1 rings (SSSR count). The van der Waals surface area contributed by atoms with Crippen LogP contribution in [0.3, 0.4) is 0 Å². The zero-order valence-corrected chi connectivity index (χ0v) is 10.8. The number of pyridine rings is 1. The summed E-state index contributed by atoms with van der Waals surface area (Å²) >= 11 is 5.99. The molecule has 0 spiro atoms. The van der Waals surface area contributed by atoms with Gasteiger partial charge in [0.2, 0.25) is 5.03 Å². The maximum absolute atomic E-state index is 4.15. The smallest absolute Gasteiger partial charge is 0.239 e. The molecular weight excluding hydrogens is 301 g/mol. The van der Waals surface area contributed by atoms with Gasteiger partial charge < -0.3 is 24.0 Å². The van der Waals surface area contributed by atoms with Crippen molar-refractivity contribution in [2.45, 2.75) is 5.03 Å². The molecule has 0 unspecified atom stereocenters. The van der Waals surface area contributed by atoms with Crippen LogP contribution < -0.4 is 28.5 Å². The molecule has 0 atom stereocenters. The van der Waals surface area contributed by atoms with Crippen molar-refractivity contribution in [1.29, 1.82) is 0 Å². The summed E-state index contributed by atoms with van der Waals surface area (Å²) in [4.78, 5) is 0. The zero-order valence-electron chi connectivity index (χ0n) is 6.90. The molecule has 1 aromatic rings. The first-order valence-corrected chi connectivity index (χ1v) is 5.14. The number of halogens is 1. The average molecular weight is 313 g/mol. The van der Waals surface area contributed by atoms with Gasteiger partial charge in [0.15, 0.2) is 6.20 Å². The van der Waals surface area contributed by atoms with Gasteiger partial charge in [-0.25, -0.2) is 0 Å². The van der Waals surface area contributed by atoms with Gasteiger partial charge in [0.05, 0.1) is 0 Å². The van der Waals surface area contributed by atoms with E-state index in [1.807, 2.05) is 17.8 Å². The number of thioether (sulfide) groups is 1. The Balaban J connectivity index is 0.00000121. The Bertz CT molecular complexity index is 230. The van der Waals surface area contributed by atoms with Gasteiger partial charge in [0.1, 0.15) is 7.05 Å². The molecule has 0 bridgehead atoms. The maximum Gasteiger partial charge on any atom is 0.239 e. The normalized spacial score (nSPS) is 9.17. The van der Waals surface area contributed by atoms with Gasteiger partial charge >= 0.3 is 0 Å². The SMILES string of the molecule is C[n+]1ccccc1SCCS.[I-]. The highest BCUT2D eigenvalue weighted by atomic mass is 127. The second-order valence-electron chi connectivity index (χ2n) is 2.22. The number of nitrogens with zero attached hydrogens (tertiary/aromatic N) is 1. The first kappa shape index (κ1) is 12.6. The van der Waals surface area contributed by atoms with Crippen molar-refractivity contribution in [3.05, 3.63) is 24.4 Å². The van der Waals surface area contributed by atoms with Gasteiger partial charge in [-0.3, -0.25) is 0 Å². The summed E-state index contributed by atoms with van der Waals surface area (Å²) in [5.41, 5.74) is 0. The summed E-state index contributed by atoms with van der Waals surface area (Å²) < 4.78 is 2.12. The van der Waals surface area contributed by atoms with Crippen LogP contribution in [0.25, 0.3) is 0 Å². The molecule has 0 fully saturated rings. The number of thiol groups is 1. The highest BCUT2D eigenvalue weighted by Crippen LogP contribution is 2.11. The molecule has 0 aliphatic heterocycles. The molecule has 12 heavy (non-hydrogen) atoms. The molecule has 0 aliphatic rings. The summed E-state index contributed by atoms with van der Waals surface area (Å²) in [6.07, 6.45) is 2.06. The van der Waals surface area contributed by atoms with Crippen LogP contribution in [0.15, 0.2) is 29.4 Å². The third kappa shape index (κ3) is 4.00. The topological polar surface area (TPSA) is 3.88 Å². The molecule has 0 radical (unpaired) electrons. The van der Waals surface area contributed by atoms with Crippen LogP contribution in [-0.2, 0) is 7.05 Å². The van der Waals surface area contributed by atoms with Gasteiger partial charge in [-0.05, 0) is 11.8 Å². The van der Waals surface area contributed by atoms with Gasteiger partial charge in [0, 0.05) is 17.9 Å². The van der Waals surface area contributed by atoms with E-state index in [1.54, 1.807) is 0 Å². The molecule has 0 amide bonds. The van der Waals surface area contributed by atoms with E-state index in [9.17, 15) is 0 Å². The van der Waals surface area contributed by atoms with Crippen molar-refractivity contribution >= 4 is 24.4 Å². The van der Waals surface area contributed by atoms with E-state index in [0.29, 0.717) is 0 Å². The van der Waals surface area contributed by atoms with Crippen LogP contribution in [-0.4, -0.2) is 11.5 Å². The highest BCUT2D eigenvalue weighted by molar-refractivity contribution is 7.99. The van der Waals surface area contributed by atoms with Crippen molar-refractivity contribution in [1.82, 2.24) is 0 Å². The molecule has 1 heterocycles. The summed E-state index contributed by atoms with van der Waals surface area (Å²) in [5, 5.41) is 1.29. The molecule has 1 aromatic heterocycles. The summed E-state index contributed by atoms with van der Waals surface area (Å²) in [5.74, 6) is 2.00. The van der Waals surface area contributed by atoms with Crippen molar-refractivity contribution in [2.24, 2.45) is 7.05 Å². The minimum Gasteiger partial charge on any atom is -1.00 e. The second kappa shape index (κ2) is 7.03. The fourth-order valence-corrected chi connectivity index (χ4v) is 1.82. The summed E-state index contributed by atoms with van der Waals surface area (Å²) in [6, 6.07) is 6.21. The third-order valence-corrected chi connectivity index (χ3v) is 3.00. The van der Waals surface area contributed by atoms with Crippen LogP contribution in [0.1, 0.15) is 0 Å². The summed E-state index contributed by atoms with van der Waals surface area (Å²) in [6.45, 7) is 0. The Morgan fingerprint density at radius 1 is 1.50 bits per heavy atom. The Morgan fingerprint density at radius 2 is 2.25 bits per heavy atom. The lowest BCUT2D eigenvalue weighted by Crippen LogP contribution is -3.00. The van der Waals surface area contributed by atoms with Crippen LogP contribution >= 0.6 is 24.4 Å². The predicted molar refractivity (Wildman–Crippen MR) is 52.2 cm³/mol. The minimum absolute atomic E-state index is 0. The van der Waals surface area contributed by atoms with Gasteiger partial charge in [0.25, 0.3) is 0 Å². The first-order valence-electron chi connectivity index (χ1n) is 3.53. The van der Waals surface area contributed by atoms with Crippen molar-refractivity contribution < 1.29 is 28.5 Å². The van der Waals surface area contributed by atoms with E-state index >= 15 is 0 Å². The lowest BCUT2D eigenvalue weighted by molar-refractivity contribution is -0.708. The zero-order chi connectivity index (χ0) is 8.10. The predicted octanol–water partition coefficient (Wildman–Crippen LogP) is -1.46. The monoisotopic (exact) mass is 313 g/mol. The lowest BCUT2D eigenvalue weighted by Gasteiger charge is -1.95. The maximum atomic E-state index is 4.15. The minimum atomic E-state index is 0. The number of rotatable bonds is 3. The van der Waals surface area contributed by atoms with E-state index in [-0.39, 0.29) is 24.0 Å². The number of aromatic nitrogens is 1. The van der Waals surface area contributed by atoms with Crippen LogP contribution in [0.5, 0.6) is 0 Å². The number of hydrogen-bond donors (Lipinski definition) is 1. The molecule has 0 aromatic carbocycles. The van der Waals surface area contributed by atoms with E-state index < -0.39 is 0 Å². The second-order valence-corrected chi connectivity index (χ2v) is 3.78. The lowest BCUT2D eigenvalue weighted by atomic mass is 10.5. The Labute approximate surface area is 100 Å². The molecule has 68 valence electrons. The Hall–Kier alpha value is 0.580. The molecule has 4 heteroatoms. The molecule has 0 aliphatic carbocycles. The van der Waals surface area contributed by atoms with E-state index in [1.165, 1.54) is 5.03 Å². The number of hydrogen-bond acceptors (Lipinski definition) is 2. The Kier molecular flexibility index (Phi) is 7.37. The molecule has 0 saturated heterocycles. The van der Waals surface area contributed by atoms with Gasteiger partial charge in [-0.2, -0.15) is 17.2 Å². The quantitative estimate of drug-likeness (QED) is 0.309. The fourth-order valence-electron chi connectivity index (χ4n) is 0.808. The van der Waals surface area contributed by atoms with Gasteiger partial charge in [-0.1, -0.05) is 11.8 Å². The molecule has 0 N–H and O–H groups in total. The largest absolute Gasteiger partial charge is 1.00 e. The van der Waals surface area contributed by atoms with Crippen LogP contribution in [0, 0.1) is 0 Å². The third-order valence-electron chi connectivity index (χ3n) is 1.35. The fraction of sp³-hybridized carbons (Fsp3) is 0.375. The first-order chi connectivity index (χ1) is 5.34. The average Bonchev–Trinajstić information content (AvgIpc) is 2.03. The number of aryl methyl sites for hydroxylation is 1. The van der Waals surface area contributed by atoms with Crippen LogP contribution in [0.2, 0.25) is 0 Å². The highest BCUT2D eigenvalue weighted by Gasteiger charge is 2.02. The summed E-state index contributed by atoms with van der Waals surface area (Å²) in [7, 11) is 2.06. The van der Waals surface area contributed by atoms with Crippen LogP contribution in [0.4, 0.5) is 0 Å². The van der Waals surface area contributed by atoms with E-state index in [4.69, 9.17) is 0 Å². The van der Waals surface area contributed by atoms with Crippen molar-refractivity contribution in [2.75, 3.05) is 11.5 Å². The van der Waals surface area contributed by atoms with E-state index in [0.717, 1.165) is 11.5 Å². The standard InChI is InChI=1S/C8H11NS2.HI/c1-9-5-3-2-4-8(9)11-7-6-10;/h2-5H,6-7H2,1H3;1H.